The molecule has 0 saturated carbocycles. The zero-order valence-corrected chi connectivity index (χ0v) is 8.06. The van der Waals surface area contributed by atoms with Gasteiger partial charge < -0.3 is 4.90 Å². The maximum absolute atomic E-state index is 2.57. The average molecular weight is 157 g/mol. The Labute approximate surface area is 70.2 Å². The molecule has 1 rings (SSSR count). The molecule has 0 aromatic rings. The Morgan fingerprint density at radius 3 is 2.18 bits per heavy atom. The lowest BCUT2D eigenvalue weighted by molar-refractivity contribution is -0.902. The van der Waals surface area contributed by atoms with E-state index in [9.17, 15) is 0 Å². The molecule has 0 aromatic heterocycles. The summed E-state index contributed by atoms with van der Waals surface area (Å²) < 4.78 is 0. The Morgan fingerprint density at radius 1 is 1.27 bits per heavy atom. The van der Waals surface area contributed by atoms with Crippen molar-refractivity contribution in [2.24, 2.45) is 0 Å². The SMILES string of the molecule is CC[NH+]1CCN(C(C)C)CC1. The lowest BCUT2D eigenvalue weighted by atomic mass is 10.2. The van der Waals surface area contributed by atoms with Crippen LogP contribution in [0.2, 0.25) is 0 Å². The first kappa shape index (κ1) is 9.01. The van der Waals surface area contributed by atoms with E-state index in [2.05, 4.69) is 25.7 Å². The van der Waals surface area contributed by atoms with Gasteiger partial charge in [0.25, 0.3) is 0 Å². The van der Waals surface area contributed by atoms with Crippen LogP contribution in [0.25, 0.3) is 0 Å². The normalized spacial score (nSPS) is 22.9. The van der Waals surface area contributed by atoms with Gasteiger partial charge in [0, 0.05) is 19.1 Å². The Bertz CT molecular complexity index is 104. The van der Waals surface area contributed by atoms with Crippen LogP contribution in [-0.4, -0.2) is 43.7 Å². The molecule has 0 spiro atoms. The van der Waals surface area contributed by atoms with Crippen LogP contribution in [0.5, 0.6) is 0 Å². The first-order valence-electron chi connectivity index (χ1n) is 4.81. The molecule has 1 saturated heterocycles. The van der Waals surface area contributed by atoms with Gasteiger partial charge in [-0.25, -0.2) is 0 Å². The Hall–Kier alpha value is -0.0800. The highest BCUT2D eigenvalue weighted by Gasteiger charge is 2.19. The summed E-state index contributed by atoms with van der Waals surface area (Å²) in [6.45, 7) is 13.4. The lowest BCUT2D eigenvalue weighted by Crippen LogP contribution is -3.14. The molecular formula is C9H21N2+. The molecule has 2 nitrogen and oxygen atoms in total. The molecule has 2 heteroatoms. The van der Waals surface area contributed by atoms with Crippen molar-refractivity contribution in [1.82, 2.24) is 4.90 Å². The summed E-state index contributed by atoms with van der Waals surface area (Å²) in [7, 11) is 0. The van der Waals surface area contributed by atoms with Gasteiger partial charge in [-0.1, -0.05) is 0 Å². The Balaban J connectivity index is 2.24. The summed E-state index contributed by atoms with van der Waals surface area (Å²) in [4.78, 5) is 4.33. The van der Waals surface area contributed by atoms with Gasteiger partial charge in [-0.3, -0.25) is 4.90 Å². The van der Waals surface area contributed by atoms with Crippen LogP contribution in [-0.2, 0) is 0 Å². The predicted octanol–water partition coefficient (Wildman–Crippen LogP) is -0.385. The fraction of sp³-hybridized carbons (Fsp3) is 1.00. The number of likely N-dealkylation sites (N-methyl/N-ethyl adjacent to an activating group) is 1. The van der Waals surface area contributed by atoms with E-state index in [0.717, 1.165) is 6.04 Å². The van der Waals surface area contributed by atoms with Crippen molar-refractivity contribution in [3.05, 3.63) is 0 Å². The second-order valence-corrected chi connectivity index (χ2v) is 3.73. The predicted molar refractivity (Wildman–Crippen MR) is 47.9 cm³/mol. The van der Waals surface area contributed by atoms with Crippen molar-refractivity contribution >= 4 is 0 Å². The fourth-order valence-electron chi connectivity index (χ4n) is 1.71. The molecule has 1 aliphatic rings. The summed E-state index contributed by atoms with van der Waals surface area (Å²) in [6, 6.07) is 0.744. The second kappa shape index (κ2) is 4.07. The van der Waals surface area contributed by atoms with Gasteiger partial charge in [0.15, 0.2) is 0 Å². The quantitative estimate of drug-likeness (QED) is 0.574. The van der Waals surface area contributed by atoms with Crippen molar-refractivity contribution in [2.75, 3.05) is 32.7 Å². The zero-order valence-electron chi connectivity index (χ0n) is 8.06. The van der Waals surface area contributed by atoms with E-state index in [4.69, 9.17) is 0 Å². The summed E-state index contributed by atoms with van der Waals surface area (Å²) in [6.07, 6.45) is 0. The smallest absolute Gasteiger partial charge is 0.0900 e. The molecule has 0 aliphatic carbocycles. The molecule has 0 unspecified atom stereocenters. The van der Waals surface area contributed by atoms with Crippen molar-refractivity contribution in [3.8, 4) is 0 Å². The third kappa shape index (κ3) is 2.46. The molecule has 0 amide bonds. The zero-order chi connectivity index (χ0) is 8.27. The number of nitrogens with one attached hydrogen (secondary N) is 1. The molecule has 11 heavy (non-hydrogen) atoms. The number of hydrogen-bond donors (Lipinski definition) is 1. The molecule has 66 valence electrons. The molecule has 0 atom stereocenters. The summed E-state index contributed by atoms with van der Waals surface area (Å²) in [5.74, 6) is 0. The minimum Gasteiger partial charge on any atom is -0.333 e. The Kier molecular flexibility index (Phi) is 3.34. The maximum Gasteiger partial charge on any atom is 0.0900 e. The van der Waals surface area contributed by atoms with Crippen molar-refractivity contribution < 1.29 is 4.90 Å². The van der Waals surface area contributed by atoms with Gasteiger partial charge in [-0.05, 0) is 20.8 Å². The number of nitrogens with zero attached hydrogens (tertiary/aromatic N) is 1. The molecule has 0 radical (unpaired) electrons. The van der Waals surface area contributed by atoms with Gasteiger partial charge >= 0.3 is 0 Å². The number of piperazine rings is 1. The summed E-state index contributed by atoms with van der Waals surface area (Å²) in [5.41, 5.74) is 0. The van der Waals surface area contributed by atoms with Crippen LogP contribution in [0.15, 0.2) is 0 Å². The molecule has 1 fully saturated rings. The molecule has 0 bridgehead atoms. The van der Waals surface area contributed by atoms with Crippen LogP contribution < -0.4 is 4.90 Å². The third-order valence-electron chi connectivity index (χ3n) is 2.74. The van der Waals surface area contributed by atoms with E-state index in [1.807, 2.05) is 0 Å². The molecule has 0 aromatic carbocycles. The monoisotopic (exact) mass is 157 g/mol. The van der Waals surface area contributed by atoms with Gasteiger partial charge in [-0.15, -0.1) is 0 Å². The van der Waals surface area contributed by atoms with Crippen molar-refractivity contribution in [2.45, 2.75) is 26.8 Å². The molecule has 1 heterocycles. The van der Waals surface area contributed by atoms with Crippen LogP contribution in [0.4, 0.5) is 0 Å². The number of quaternary nitrogens is 1. The highest BCUT2D eigenvalue weighted by Crippen LogP contribution is 1.96. The minimum atomic E-state index is 0.744. The van der Waals surface area contributed by atoms with E-state index in [-0.39, 0.29) is 0 Å². The van der Waals surface area contributed by atoms with Crippen LogP contribution in [0.3, 0.4) is 0 Å². The van der Waals surface area contributed by atoms with E-state index < -0.39 is 0 Å². The third-order valence-corrected chi connectivity index (χ3v) is 2.74. The minimum absolute atomic E-state index is 0.744. The number of hydrogen-bond acceptors (Lipinski definition) is 1. The average Bonchev–Trinajstić information content (AvgIpc) is 2.05. The molecule has 1 N–H and O–H groups in total. The van der Waals surface area contributed by atoms with Gasteiger partial charge in [0.1, 0.15) is 0 Å². The van der Waals surface area contributed by atoms with E-state index in [1.165, 1.54) is 32.7 Å². The van der Waals surface area contributed by atoms with Crippen LogP contribution >= 0.6 is 0 Å². The topological polar surface area (TPSA) is 7.68 Å². The van der Waals surface area contributed by atoms with Crippen LogP contribution in [0, 0.1) is 0 Å². The molecular weight excluding hydrogens is 136 g/mol. The van der Waals surface area contributed by atoms with Gasteiger partial charge in [0.05, 0.1) is 19.6 Å². The largest absolute Gasteiger partial charge is 0.333 e. The highest BCUT2D eigenvalue weighted by atomic mass is 15.3. The summed E-state index contributed by atoms with van der Waals surface area (Å²) >= 11 is 0. The first-order chi connectivity index (χ1) is 5.24. The second-order valence-electron chi connectivity index (χ2n) is 3.73. The lowest BCUT2D eigenvalue weighted by Gasteiger charge is -2.33. The maximum atomic E-state index is 2.57. The standard InChI is InChI=1S/C9H20N2/c1-4-10-5-7-11(8-6-10)9(2)3/h9H,4-8H2,1-3H3/p+1. The van der Waals surface area contributed by atoms with E-state index in [0.29, 0.717) is 0 Å². The summed E-state index contributed by atoms with van der Waals surface area (Å²) in [5, 5.41) is 0. The van der Waals surface area contributed by atoms with Gasteiger partial charge in [-0.2, -0.15) is 0 Å². The van der Waals surface area contributed by atoms with Gasteiger partial charge in [0.2, 0.25) is 0 Å². The van der Waals surface area contributed by atoms with Crippen molar-refractivity contribution in [1.29, 1.82) is 0 Å². The van der Waals surface area contributed by atoms with Crippen LogP contribution in [0.1, 0.15) is 20.8 Å². The van der Waals surface area contributed by atoms with E-state index in [1.54, 1.807) is 4.90 Å². The first-order valence-corrected chi connectivity index (χ1v) is 4.81. The molecule has 1 aliphatic heterocycles. The fourth-order valence-corrected chi connectivity index (χ4v) is 1.71. The van der Waals surface area contributed by atoms with Crippen molar-refractivity contribution in [3.63, 3.8) is 0 Å². The Morgan fingerprint density at radius 2 is 1.82 bits per heavy atom. The van der Waals surface area contributed by atoms with E-state index >= 15 is 0 Å². The number of rotatable bonds is 2. The highest BCUT2D eigenvalue weighted by molar-refractivity contribution is 4.64.